The van der Waals surface area contributed by atoms with Crippen molar-refractivity contribution in [1.29, 1.82) is 0 Å². The van der Waals surface area contributed by atoms with Gasteiger partial charge in [0.2, 0.25) is 0 Å². The summed E-state index contributed by atoms with van der Waals surface area (Å²) in [5, 5.41) is 5.73. The van der Waals surface area contributed by atoms with Crippen LogP contribution in [0.4, 0.5) is 0 Å². The predicted molar refractivity (Wildman–Crippen MR) is 90.1 cm³/mol. The van der Waals surface area contributed by atoms with Crippen molar-refractivity contribution in [2.24, 2.45) is 0 Å². The summed E-state index contributed by atoms with van der Waals surface area (Å²) in [6, 6.07) is 7.45. The van der Waals surface area contributed by atoms with Crippen LogP contribution < -0.4 is 15.4 Å². The molecule has 0 bridgehead atoms. The van der Waals surface area contributed by atoms with E-state index in [4.69, 9.17) is 4.74 Å². The molecule has 0 spiro atoms. The molecule has 1 aromatic rings. The van der Waals surface area contributed by atoms with Gasteiger partial charge in [-0.3, -0.25) is 9.00 Å². The molecule has 1 heterocycles. The van der Waals surface area contributed by atoms with E-state index in [0.717, 1.165) is 11.3 Å². The van der Waals surface area contributed by atoms with E-state index >= 15 is 0 Å². The fourth-order valence-electron chi connectivity index (χ4n) is 2.53. The third-order valence-electron chi connectivity index (χ3n) is 3.77. The lowest BCUT2D eigenvalue weighted by Crippen LogP contribution is -2.45. The molecule has 2 aliphatic rings. The highest BCUT2D eigenvalue weighted by Gasteiger charge is 2.33. The molecule has 6 heteroatoms. The van der Waals surface area contributed by atoms with E-state index < -0.39 is 10.8 Å². The highest BCUT2D eigenvalue weighted by molar-refractivity contribution is 7.91. The van der Waals surface area contributed by atoms with Crippen LogP contribution in [0, 0.1) is 0 Å². The maximum Gasteiger partial charge on any atom is 0.262 e. The van der Waals surface area contributed by atoms with Gasteiger partial charge in [-0.25, -0.2) is 0 Å². The molecule has 23 heavy (non-hydrogen) atoms. The summed E-state index contributed by atoms with van der Waals surface area (Å²) >= 11 is 0. The number of carbonyl (C=O) groups is 1. The lowest BCUT2D eigenvalue weighted by molar-refractivity contribution is -0.117. The Balaban J connectivity index is 1.66. The molecule has 3 atom stereocenters. The molecule has 0 radical (unpaired) electrons. The number of carbonyl (C=O) groups excluding carboxylic acids is 1. The number of fused-ring (bicyclic) bond motifs is 1. The second-order valence-corrected chi connectivity index (χ2v) is 6.85. The van der Waals surface area contributed by atoms with Crippen molar-refractivity contribution >= 4 is 16.7 Å². The number of benzene rings is 1. The van der Waals surface area contributed by atoms with Crippen molar-refractivity contribution in [1.82, 2.24) is 10.6 Å². The van der Waals surface area contributed by atoms with E-state index in [-0.39, 0.29) is 22.1 Å². The highest BCUT2D eigenvalue weighted by atomic mass is 32.2. The van der Waals surface area contributed by atoms with Crippen molar-refractivity contribution in [3.8, 4) is 5.75 Å². The molecule has 1 aliphatic carbocycles. The van der Waals surface area contributed by atoms with Gasteiger partial charge in [0.05, 0.1) is 29.2 Å². The van der Waals surface area contributed by atoms with E-state index in [1.165, 1.54) is 0 Å². The first-order chi connectivity index (χ1) is 11.2. The zero-order valence-corrected chi connectivity index (χ0v) is 13.5. The Labute approximate surface area is 137 Å². The van der Waals surface area contributed by atoms with Gasteiger partial charge in [-0.2, -0.15) is 0 Å². The Morgan fingerprint density at radius 2 is 2.17 bits per heavy atom. The van der Waals surface area contributed by atoms with Crippen LogP contribution in [-0.4, -0.2) is 28.5 Å². The normalized spacial score (nSPS) is 25.1. The number of allylic oxidation sites excluding steroid dienone is 2. The number of nitrogens with one attached hydrogen (secondary N) is 2. The van der Waals surface area contributed by atoms with Crippen LogP contribution in [0.15, 0.2) is 59.7 Å². The molecule has 1 aliphatic heterocycles. The quantitative estimate of drug-likeness (QED) is 0.875. The Hall–Kier alpha value is -2.34. The number of hydrogen-bond donors (Lipinski definition) is 2. The zero-order chi connectivity index (χ0) is 16.2. The summed E-state index contributed by atoms with van der Waals surface area (Å²) in [7, 11) is 0.234. The van der Waals surface area contributed by atoms with E-state index in [2.05, 4.69) is 10.6 Å². The van der Waals surface area contributed by atoms with Crippen LogP contribution >= 0.6 is 0 Å². The van der Waals surface area contributed by atoms with Crippen LogP contribution in [0.1, 0.15) is 5.56 Å². The Morgan fingerprint density at radius 3 is 3.00 bits per heavy atom. The van der Waals surface area contributed by atoms with Gasteiger partial charge in [-0.15, -0.1) is 0 Å². The summed E-state index contributed by atoms with van der Waals surface area (Å²) in [5.41, 5.74) is 0.922. The third-order valence-corrected chi connectivity index (χ3v) is 5.45. The molecule has 3 unspecified atom stereocenters. The van der Waals surface area contributed by atoms with Crippen LogP contribution in [0.3, 0.4) is 0 Å². The van der Waals surface area contributed by atoms with E-state index in [9.17, 15) is 9.00 Å². The smallest absolute Gasteiger partial charge is 0.262 e. The van der Waals surface area contributed by atoms with Gasteiger partial charge in [0.15, 0.2) is 0 Å². The second kappa shape index (κ2) is 6.83. The van der Waals surface area contributed by atoms with Crippen LogP contribution in [-0.2, 0) is 22.1 Å². The SMILES string of the molecule is COc1cccc(CNC(=O)C2=CNC3C=CC=CC3S2=O)c1. The average molecular weight is 330 g/mol. The lowest BCUT2D eigenvalue weighted by Gasteiger charge is -2.29. The fraction of sp³-hybridized carbons (Fsp3) is 0.235. The van der Waals surface area contributed by atoms with E-state index in [0.29, 0.717) is 6.54 Å². The summed E-state index contributed by atoms with van der Waals surface area (Å²) < 4.78 is 17.7. The van der Waals surface area contributed by atoms with Crippen molar-refractivity contribution in [2.45, 2.75) is 17.8 Å². The Morgan fingerprint density at radius 1 is 1.35 bits per heavy atom. The Bertz CT molecular complexity index is 724. The lowest BCUT2D eigenvalue weighted by atomic mass is 10.1. The number of amides is 1. The van der Waals surface area contributed by atoms with Crippen LogP contribution in [0.2, 0.25) is 0 Å². The fourth-order valence-corrected chi connectivity index (χ4v) is 3.93. The standard InChI is InChI=1S/C17H18N2O3S/c1-22-13-6-4-5-12(9-13)10-19-17(20)16-11-18-14-7-2-3-8-15(14)23(16)21/h2-9,11,14-15,18H,10H2,1H3,(H,19,20). The molecule has 2 N–H and O–H groups in total. The predicted octanol–water partition coefficient (Wildman–Crippen LogP) is 1.37. The van der Waals surface area contributed by atoms with Gasteiger partial charge in [-0.1, -0.05) is 36.4 Å². The van der Waals surface area contributed by atoms with E-state index in [1.807, 2.05) is 48.6 Å². The molecule has 1 amide bonds. The Kier molecular flexibility index (Phi) is 4.62. The van der Waals surface area contributed by atoms with Gasteiger partial charge < -0.3 is 15.4 Å². The minimum Gasteiger partial charge on any atom is -0.497 e. The number of methoxy groups -OCH3 is 1. The largest absolute Gasteiger partial charge is 0.497 e. The topological polar surface area (TPSA) is 67.4 Å². The number of ether oxygens (including phenoxy) is 1. The maximum absolute atomic E-state index is 12.5. The first-order valence-electron chi connectivity index (χ1n) is 7.32. The molecule has 3 rings (SSSR count). The van der Waals surface area contributed by atoms with Crippen molar-refractivity contribution in [2.75, 3.05) is 7.11 Å². The van der Waals surface area contributed by atoms with Gasteiger partial charge in [0.1, 0.15) is 10.7 Å². The van der Waals surface area contributed by atoms with Gasteiger partial charge in [-0.05, 0) is 17.7 Å². The summed E-state index contributed by atoms with van der Waals surface area (Å²) in [5.74, 6) is 0.418. The monoisotopic (exact) mass is 330 g/mol. The van der Waals surface area contributed by atoms with Crippen molar-refractivity contribution in [3.05, 3.63) is 65.2 Å². The van der Waals surface area contributed by atoms with Gasteiger partial charge in [0, 0.05) is 12.7 Å². The molecule has 120 valence electrons. The molecule has 0 saturated carbocycles. The number of hydrogen-bond acceptors (Lipinski definition) is 4. The second-order valence-electron chi connectivity index (χ2n) is 5.27. The van der Waals surface area contributed by atoms with E-state index in [1.54, 1.807) is 13.3 Å². The van der Waals surface area contributed by atoms with Crippen molar-refractivity contribution < 1.29 is 13.7 Å². The summed E-state index contributed by atoms with van der Waals surface area (Å²) in [6.07, 6.45) is 9.15. The molecule has 0 aromatic heterocycles. The highest BCUT2D eigenvalue weighted by Crippen LogP contribution is 2.21. The van der Waals surface area contributed by atoms with Gasteiger partial charge >= 0.3 is 0 Å². The molecular weight excluding hydrogens is 312 g/mol. The minimum absolute atomic E-state index is 0.0178. The molecule has 0 fully saturated rings. The zero-order valence-electron chi connectivity index (χ0n) is 12.7. The molecule has 1 aromatic carbocycles. The van der Waals surface area contributed by atoms with Crippen LogP contribution in [0.25, 0.3) is 0 Å². The molecule has 0 saturated heterocycles. The molecular formula is C17H18N2O3S. The van der Waals surface area contributed by atoms with Gasteiger partial charge in [0.25, 0.3) is 5.91 Å². The third kappa shape index (κ3) is 3.37. The van der Waals surface area contributed by atoms with Crippen molar-refractivity contribution in [3.63, 3.8) is 0 Å². The maximum atomic E-state index is 12.5. The molecule has 5 nitrogen and oxygen atoms in total. The first kappa shape index (κ1) is 15.6. The minimum atomic E-state index is -1.36. The average Bonchev–Trinajstić information content (AvgIpc) is 2.60. The number of rotatable bonds is 4. The summed E-state index contributed by atoms with van der Waals surface area (Å²) in [4.78, 5) is 12.6. The van der Waals surface area contributed by atoms with Crippen LogP contribution in [0.5, 0.6) is 5.75 Å². The summed E-state index contributed by atoms with van der Waals surface area (Å²) in [6.45, 7) is 0.356. The first-order valence-corrected chi connectivity index (χ1v) is 8.53.